The molecule has 0 unspecified atom stereocenters. The maximum atomic E-state index is 5.28. The van der Waals surface area contributed by atoms with Crippen LogP contribution in [0.3, 0.4) is 0 Å². The molecule has 0 aliphatic carbocycles. The van der Waals surface area contributed by atoms with Crippen LogP contribution in [0, 0.1) is 0 Å². The predicted octanol–water partition coefficient (Wildman–Crippen LogP) is 6.23. The van der Waals surface area contributed by atoms with Crippen molar-refractivity contribution in [3.05, 3.63) is 77.2 Å². The first kappa shape index (κ1) is 16.0. The van der Waals surface area contributed by atoms with E-state index >= 15 is 0 Å². The van der Waals surface area contributed by atoms with Crippen molar-refractivity contribution < 1.29 is 4.74 Å². The second kappa shape index (κ2) is 6.08. The molecule has 0 atom stereocenters. The molecule has 0 spiro atoms. The molecule has 0 amide bonds. The number of aromatic nitrogens is 1. The van der Waals surface area contributed by atoms with Gasteiger partial charge in [0.15, 0.2) is 0 Å². The maximum Gasteiger partial charge on any atom is 0.118 e. The van der Waals surface area contributed by atoms with Gasteiger partial charge in [-0.15, -0.1) is 11.3 Å². The van der Waals surface area contributed by atoms with Crippen molar-refractivity contribution in [1.29, 1.82) is 0 Å². The van der Waals surface area contributed by atoms with E-state index in [0.29, 0.717) is 0 Å². The molecule has 0 bridgehead atoms. The molecule has 2 nitrogen and oxygen atoms in total. The van der Waals surface area contributed by atoms with E-state index in [0.717, 1.165) is 5.75 Å². The van der Waals surface area contributed by atoms with Crippen molar-refractivity contribution in [2.24, 2.45) is 0 Å². The highest BCUT2D eigenvalue weighted by Crippen LogP contribution is 2.39. The number of hydrogen-bond donors (Lipinski definition) is 1. The molecule has 2 aromatic heterocycles. The van der Waals surface area contributed by atoms with Crippen molar-refractivity contribution in [2.45, 2.75) is 19.3 Å². The first-order chi connectivity index (χ1) is 12.1. The number of benzene rings is 2. The van der Waals surface area contributed by atoms with Gasteiger partial charge in [0.25, 0.3) is 0 Å². The molecule has 4 rings (SSSR count). The van der Waals surface area contributed by atoms with E-state index in [-0.39, 0.29) is 5.41 Å². The molecule has 126 valence electrons. The smallest absolute Gasteiger partial charge is 0.118 e. The summed E-state index contributed by atoms with van der Waals surface area (Å²) in [6, 6.07) is 23.5. The van der Waals surface area contributed by atoms with Crippen molar-refractivity contribution >= 4 is 22.2 Å². The number of ether oxygens (including phenoxy) is 1. The first-order valence-corrected chi connectivity index (χ1v) is 9.22. The Kier molecular flexibility index (Phi) is 3.89. The van der Waals surface area contributed by atoms with Crippen molar-refractivity contribution in [2.75, 3.05) is 7.11 Å². The number of methoxy groups -OCH3 is 1. The monoisotopic (exact) mass is 347 g/mol. The van der Waals surface area contributed by atoms with Crippen LogP contribution < -0.4 is 4.74 Å². The van der Waals surface area contributed by atoms with Crippen LogP contribution in [0.15, 0.2) is 66.7 Å². The Bertz CT molecular complexity index is 975. The molecule has 2 aromatic carbocycles. The summed E-state index contributed by atoms with van der Waals surface area (Å²) < 4.78 is 5.28. The van der Waals surface area contributed by atoms with Crippen LogP contribution in [0.5, 0.6) is 5.75 Å². The molecule has 1 N–H and O–H groups in total. The van der Waals surface area contributed by atoms with Gasteiger partial charge in [0.05, 0.1) is 17.7 Å². The number of nitrogens with one attached hydrogen (secondary N) is 1. The summed E-state index contributed by atoms with van der Waals surface area (Å²) in [6.07, 6.45) is 0. The predicted molar refractivity (Wildman–Crippen MR) is 107 cm³/mol. The van der Waals surface area contributed by atoms with Crippen molar-refractivity contribution in [3.8, 4) is 16.3 Å². The van der Waals surface area contributed by atoms with Crippen LogP contribution >= 0.6 is 11.3 Å². The van der Waals surface area contributed by atoms with E-state index in [1.165, 1.54) is 31.9 Å². The van der Waals surface area contributed by atoms with Crippen LogP contribution in [-0.2, 0) is 5.41 Å². The van der Waals surface area contributed by atoms with Gasteiger partial charge in [0.1, 0.15) is 5.75 Å². The van der Waals surface area contributed by atoms with E-state index in [2.05, 4.69) is 73.4 Å². The molecule has 0 fully saturated rings. The van der Waals surface area contributed by atoms with E-state index in [1.807, 2.05) is 23.5 Å². The molecule has 4 aromatic rings. The lowest BCUT2D eigenvalue weighted by Gasteiger charge is -2.24. The standard InChI is InChI=1S/C22H21NOS/c1-22(2,16-8-10-17(24-3)11-9-16)21-13-12-20(25-21)19-14-15-6-4-5-7-18(15)23-19/h4-14,23H,1-3H3. The molecular formula is C22H21NOS. The third-order valence-corrected chi connectivity index (χ3v) is 6.27. The minimum Gasteiger partial charge on any atom is -0.497 e. The highest BCUT2D eigenvalue weighted by Gasteiger charge is 2.25. The van der Waals surface area contributed by atoms with Crippen LogP contribution in [-0.4, -0.2) is 12.1 Å². The zero-order valence-corrected chi connectivity index (χ0v) is 15.5. The molecular weight excluding hydrogens is 326 g/mol. The van der Waals surface area contributed by atoms with Gasteiger partial charge >= 0.3 is 0 Å². The fourth-order valence-electron chi connectivity index (χ4n) is 3.17. The topological polar surface area (TPSA) is 25.0 Å². The Morgan fingerprint density at radius 3 is 2.40 bits per heavy atom. The third kappa shape index (κ3) is 2.85. The molecule has 25 heavy (non-hydrogen) atoms. The molecule has 2 heterocycles. The van der Waals surface area contributed by atoms with Gasteiger partial charge in [-0.2, -0.15) is 0 Å². The Hall–Kier alpha value is -2.52. The van der Waals surface area contributed by atoms with Gasteiger partial charge < -0.3 is 9.72 Å². The lowest BCUT2D eigenvalue weighted by Crippen LogP contribution is -2.16. The summed E-state index contributed by atoms with van der Waals surface area (Å²) >= 11 is 1.85. The lowest BCUT2D eigenvalue weighted by molar-refractivity contribution is 0.414. The number of hydrogen-bond acceptors (Lipinski definition) is 2. The number of fused-ring (bicyclic) bond motifs is 1. The summed E-state index contributed by atoms with van der Waals surface area (Å²) in [6.45, 7) is 4.55. The van der Waals surface area contributed by atoms with Crippen molar-refractivity contribution in [3.63, 3.8) is 0 Å². The lowest BCUT2D eigenvalue weighted by atomic mass is 9.83. The fraction of sp³-hybridized carbons (Fsp3) is 0.182. The van der Waals surface area contributed by atoms with Crippen LogP contribution in [0.1, 0.15) is 24.3 Å². The molecule has 0 saturated heterocycles. The Labute approximate surface area is 152 Å². The maximum absolute atomic E-state index is 5.28. The Morgan fingerprint density at radius 2 is 1.68 bits per heavy atom. The number of rotatable bonds is 4. The minimum atomic E-state index is -0.0405. The highest BCUT2D eigenvalue weighted by atomic mass is 32.1. The summed E-state index contributed by atoms with van der Waals surface area (Å²) in [5, 5.41) is 1.25. The van der Waals surface area contributed by atoms with Crippen LogP contribution in [0.4, 0.5) is 0 Å². The second-order valence-electron chi connectivity index (χ2n) is 6.79. The van der Waals surface area contributed by atoms with Crippen molar-refractivity contribution in [1.82, 2.24) is 4.98 Å². The zero-order chi connectivity index (χ0) is 17.4. The van der Waals surface area contributed by atoms with E-state index in [4.69, 9.17) is 4.74 Å². The Morgan fingerprint density at radius 1 is 0.920 bits per heavy atom. The SMILES string of the molecule is COc1ccc(C(C)(C)c2ccc(-c3cc4ccccc4[nH]3)s2)cc1. The summed E-state index contributed by atoms with van der Waals surface area (Å²) in [5.74, 6) is 0.893. The van der Waals surface area contributed by atoms with E-state index in [9.17, 15) is 0 Å². The van der Waals surface area contributed by atoms with Gasteiger partial charge in [0, 0.05) is 21.2 Å². The highest BCUT2D eigenvalue weighted by molar-refractivity contribution is 7.15. The number of aromatic amines is 1. The summed E-state index contributed by atoms with van der Waals surface area (Å²) in [5.41, 5.74) is 3.62. The van der Waals surface area contributed by atoms with Gasteiger partial charge in [-0.3, -0.25) is 0 Å². The van der Waals surface area contributed by atoms with Gasteiger partial charge in [-0.25, -0.2) is 0 Å². The third-order valence-electron chi connectivity index (χ3n) is 4.83. The first-order valence-electron chi connectivity index (χ1n) is 8.41. The van der Waals surface area contributed by atoms with Gasteiger partial charge in [-0.05, 0) is 42.0 Å². The quantitative estimate of drug-likeness (QED) is 0.465. The van der Waals surface area contributed by atoms with Gasteiger partial charge in [-0.1, -0.05) is 44.2 Å². The van der Waals surface area contributed by atoms with E-state index < -0.39 is 0 Å². The average molecular weight is 347 g/mol. The minimum absolute atomic E-state index is 0.0405. The molecule has 0 aliphatic rings. The van der Waals surface area contributed by atoms with E-state index in [1.54, 1.807) is 7.11 Å². The normalized spacial score (nSPS) is 11.8. The Balaban J connectivity index is 1.69. The van der Waals surface area contributed by atoms with Crippen LogP contribution in [0.2, 0.25) is 0 Å². The summed E-state index contributed by atoms with van der Waals surface area (Å²) in [7, 11) is 1.70. The number of thiophene rings is 1. The molecule has 0 radical (unpaired) electrons. The summed E-state index contributed by atoms with van der Waals surface area (Å²) in [4.78, 5) is 6.15. The molecule has 0 aliphatic heterocycles. The number of para-hydroxylation sites is 1. The number of H-pyrrole nitrogens is 1. The molecule has 3 heteroatoms. The largest absolute Gasteiger partial charge is 0.497 e. The fourth-order valence-corrected chi connectivity index (χ4v) is 4.28. The van der Waals surface area contributed by atoms with Crippen LogP contribution in [0.25, 0.3) is 21.5 Å². The second-order valence-corrected chi connectivity index (χ2v) is 7.87. The van der Waals surface area contributed by atoms with Gasteiger partial charge in [0.2, 0.25) is 0 Å². The average Bonchev–Trinajstić information content (AvgIpc) is 3.28. The zero-order valence-electron chi connectivity index (χ0n) is 14.7. The molecule has 0 saturated carbocycles.